The molecule has 2 unspecified atom stereocenters. The number of hydrogen-bond acceptors (Lipinski definition) is 5. The molecule has 1 N–H and O–H groups in total. The number of carboxylic acids is 1. The van der Waals surface area contributed by atoms with E-state index in [2.05, 4.69) is 17.1 Å². The number of carboxylic acid groups (broad SMARTS) is 1. The Labute approximate surface area is 234 Å². The lowest BCUT2D eigenvalue weighted by Gasteiger charge is -2.16. The van der Waals surface area contributed by atoms with E-state index in [4.69, 9.17) is 44.1 Å². The Morgan fingerprint density at radius 1 is 1.11 bits per heavy atom. The Kier molecular flexibility index (Phi) is 6.37. The third kappa shape index (κ3) is 4.55. The van der Waals surface area contributed by atoms with E-state index in [0.29, 0.717) is 38.0 Å². The van der Waals surface area contributed by atoms with Gasteiger partial charge in [0, 0.05) is 39.7 Å². The van der Waals surface area contributed by atoms with E-state index in [-0.39, 0.29) is 23.5 Å². The van der Waals surface area contributed by atoms with Crippen LogP contribution in [0, 0.1) is 0 Å². The average molecular weight is 570 g/mol. The predicted octanol–water partition coefficient (Wildman–Crippen LogP) is 8.30. The third-order valence-corrected chi connectivity index (χ3v) is 8.47. The van der Waals surface area contributed by atoms with Crippen LogP contribution in [0.1, 0.15) is 71.0 Å². The number of aromatic carboxylic acids is 1. The van der Waals surface area contributed by atoms with Gasteiger partial charge in [-0.3, -0.25) is 4.98 Å². The number of carbonyl (C=O) groups is 1. The van der Waals surface area contributed by atoms with Gasteiger partial charge >= 0.3 is 5.97 Å². The van der Waals surface area contributed by atoms with Crippen LogP contribution in [0.5, 0.6) is 5.75 Å². The van der Waals surface area contributed by atoms with Crippen LogP contribution in [0.15, 0.2) is 59.3 Å². The lowest BCUT2D eigenvalue weighted by Crippen LogP contribution is -2.07. The minimum absolute atomic E-state index is 0.0899. The summed E-state index contributed by atoms with van der Waals surface area (Å²) in [5, 5.41) is 15.2. The van der Waals surface area contributed by atoms with Crippen LogP contribution in [0.25, 0.3) is 11.3 Å². The summed E-state index contributed by atoms with van der Waals surface area (Å²) < 4.78 is 11.9. The molecule has 4 aromatic rings. The zero-order chi connectivity index (χ0) is 26.6. The zero-order valence-electron chi connectivity index (χ0n) is 20.4. The number of halogens is 3. The third-order valence-electron chi connectivity index (χ3n) is 7.53. The van der Waals surface area contributed by atoms with Crippen molar-refractivity contribution >= 4 is 40.8 Å². The molecule has 0 spiro atoms. The summed E-state index contributed by atoms with van der Waals surface area (Å²) in [4.78, 5) is 15.8. The lowest BCUT2D eigenvalue weighted by atomic mass is 9.93. The summed E-state index contributed by atoms with van der Waals surface area (Å²) in [6.07, 6.45) is 4.46. The summed E-state index contributed by atoms with van der Waals surface area (Å²) in [5.41, 5.74) is 3.79. The molecule has 0 bridgehead atoms. The van der Waals surface area contributed by atoms with Crippen molar-refractivity contribution in [2.45, 2.75) is 50.0 Å². The molecule has 0 aliphatic heterocycles. The first kappa shape index (κ1) is 25.2. The van der Waals surface area contributed by atoms with Crippen molar-refractivity contribution in [1.82, 2.24) is 10.1 Å². The van der Waals surface area contributed by atoms with Gasteiger partial charge in [0.25, 0.3) is 0 Å². The first-order valence-corrected chi connectivity index (χ1v) is 13.4. The van der Waals surface area contributed by atoms with Gasteiger partial charge in [0.05, 0.1) is 21.2 Å². The first-order valence-electron chi connectivity index (χ1n) is 12.3. The van der Waals surface area contributed by atoms with Crippen LogP contribution in [0.4, 0.5) is 0 Å². The molecule has 0 amide bonds. The topological polar surface area (TPSA) is 85.5 Å². The Bertz CT molecular complexity index is 1550. The molecule has 6 nitrogen and oxygen atoms in total. The summed E-state index contributed by atoms with van der Waals surface area (Å²) in [5.74, 6) is 0.871. The van der Waals surface area contributed by atoms with Crippen LogP contribution in [0.3, 0.4) is 0 Å². The minimum Gasteiger partial charge on any atom is -0.489 e. The summed E-state index contributed by atoms with van der Waals surface area (Å²) in [6.45, 7) is 2.35. The molecule has 2 aromatic carbocycles. The van der Waals surface area contributed by atoms with Crippen LogP contribution >= 0.6 is 34.8 Å². The summed E-state index contributed by atoms with van der Waals surface area (Å²) >= 11 is 19.7. The van der Waals surface area contributed by atoms with Gasteiger partial charge in [-0.15, -0.1) is 0 Å². The SMILES string of the molecule is CC1(c2ccc(OCc3c(-c4c(Cl)cccc4Cl)noc3C3CC3)cc2Cl)CC1c1cc(C(=O)O)ccn1. The fourth-order valence-corrected chi connectivity index (χ4v) is 6.08. The molecule has 194 valence electrons. The highest BCUT2D eigenvalue weighted by Crippen LogP contribution is 2.61. The maximum Gasteiger partial charge on any atom is 0.335 e. The molecular weight excluding hydrogens is 547 g/mol. The molecule has 2 saturated carbocycles. The highest BCUT2D eigenvalue weighted by Gasteiger charge is 2.53. The van der Waals surface area contributed by atoms with Crippen molar-refractivity contribution in [3.8, 4) is 17.0 Å². The van der Waals surface area contributed by atoms with E-state index < -0.39 is 5.97 Å². The quantitative estimate of drug-likeness (QED) is 0.230. The number of aromatic nitrogens is 2. The molecule has 2 aliphatic carbocycles. The lowest BCUT2D eigenvalue weighted by molar-refractivity contribution is 0.0696. The average Bonchev–Trinajstić information content (AvgIpc) is 3.81. The fraction of sp³-hybridized carbons (Fsp3) is 0.276. The number of hydrogen-bond donors (Lipinski definition) is 1. The maximum atomic E-state index is 11.4. The van der Waals surface area contributed by atoms with Crippen LogP contribution in [-0.4, -0.2) is 21.2 Å². The number of benzene rings is 2. The molecular formula is C29H23Cl3N2O4. The standard InChI is InChI=1S/C29H23Cl3N2O4/c1-29(13-20(29)24-11-16(28(35)36)9-10-33-24)19-8-7-17(12-23(19)32)37-14-18-26(34-38-27(18)15-5-6-15)25-21(30)3-2-4-22(25)31/h2-4,7-12,15,20H,5-6,13-14H2,1H3,(H,35,36). The van der Waals surface area contributed by atoms with E-state index in [1.54, 1.807) is 30.5 Å². The van der Waals surface area contributed by atoms with Crippen LogP contribution < -0.4 is 4.74 Å². The highest BCUT2D eigenvalue weighted by molar-refractivity contribution is 6.39. The van der Waals surface area contributed by atoms with Crippen molar-refractivity contribution in [1.29, 1.82) is 0 Å². The van der Waals surface area contributed by atoms with Gasteiger partial charge in [-0.1, -0.05) is 59.0 Å². The molecule has 9 heteroatoms. The van der Waals surface area contributed by atoms with E-state index >= 15 is 0 Å². The summed E-state index contributed by atoms with van der Waals surface area (Å²) in [6, 6.07) is 14.2. The monoisotopic (exact) mass is 568 g/mol. The van der Waals surface area contributed by atoms with Gasteiger partial charge in [0.15, 0.2) is 0 Å². The number of pyridine rings is 1. The summed E-state index contributed by atoms with van der Waals surface area (Å²) in [7, 11) is 0. The van der Waals surface area contributed by atoms with Crippen molar-refractivity contribution in [2.75, 3.05) is 0 Å². The first-order chi connectivity index (χ1) is 18.3. The second-order valence-electron chi connectivity index (χ2n) is 10.1. The molecule has 6 rings (SSSR count). The smallest absolute Gasteiger partial charge is 0.335 e. The number of nitrogens with zero attached hydrogens (tertiary/aromatic N) is 2. The van der Waals surface area contributed by atoms with Crippen LogP contribution in [-0.2, 0) is 12.0 Å². The molecule has 2 atom stereocenters. The molecule has 2 heterocycles. The van der Waals surface area contributed by atoms with Crippen molar-refractivity contribution in [3.63, 3.8) is 0 Å². The molecule has 0 saturated heterocycles. The normalized spacial score (nSPS) is 20.4. The second-order valence-corrected chi connectivity index (χ2v) is 11.3. The van der Waals surface area contributed by atoms with Gasteiger partial charge in [-0.2, -0.15) is 0 Å². The van der Waals surface area contributed by atoms with Crippen molar-refractivity contribution in [2.24, 2.45) is 0 Å². The number of ether oxygens (including phenoxy) is 1. The minimum atomic E-state index is -0.965. The maximum absolute atomic E-state index is 11.4. The van der Waals surface area contributed by atoms with Gasteiger partial charge in [-0.25, -0.2) is 4.79 Å². The zero-order valence-corrected chi connectivity index (χ0v) is 22.6. The van der Waals surface area contributed by atoms with Crippen molar-refractivity contribution < 1.29 is 19.2 Å². The van der Waals surface area contributed by atoms with E-state index in [1.807, 2.05) is 18.2 Å². The van der Waals surface area contributed by atoms with Gasteiger partial charge in [0.2, 0.25) is 0 Å². The van der Waals surface area contributed by atoms with Gasteiger partial charge in [0.1, 0.15) is 23.8 Å². The highest BCUT2D eigenvalue weighted by atomic mass is 35.5. The Morgan fingerprint density at radius 2 is 1.87 bits per heavy atom. The van der Waals surface area contributed by atoms with Crippen molar-refractivity contribution in [3.05, 3.63) is 97.9 Å². The molecule has 2 aliphatic rings. The van der Waals surface area contributed by atoms with E-state index in [0.717, 1.165) is 41.8 Å². The van der Waals surface area contributed by atoms with Gasteiger partial charge < -0.3 is 14.4 Å². The molecule has 2 fully saturated rings. The van der Waals surface area contributed by atoms with E-state index in [1.165, 1.54) is 6.07 Å². The number of rotatable bonds is 8. The molecule has 2 aromatic heterocycles. The Balaban J connectivity index is 1.23. The largest absolute Gasteiger partial charge is 0.489 e. The van der Waals surface area contributed by atoms with Crippen LogP contribution in [0.2, 0.25) is 15.1 Å². The van der Waals surface area contributed by atoms with E-state index in [9.17, 15) is 9.90 Å². The second kappa shape index (κ2) is 9.60. The predicted molar refractivity (Wildman–Crippen MR) is 146 cm³/mol. The molecule has 0 radical (unpaired) electrons. The molecule has 38 heavy (non-hydrogen) atoms. The van der Waals surface area contributed by atoms with Gasteiger partial charge in [-0.05, 0) is 61.2 Å². The fourth-order valence-electron chi connectivity index (χ4n) is 5.12. The Morgan fingerprint density at radius 3 is 2.55 bits per heavy atom. The Hall–Kier alpha value is -3.06.